The number of aliphatic carboxylic acids is 1. The summed E-state index contributed by atoms with van der Waals surface area (Å²) >= 11 is 7.78. The van der Waals surface area contributed by atoms with E-state index < -0.39 is 17.9 Å². The molecule has 1 unspecified atom stereocenters. The smallest absolute Gasteiger partial charge is 0.326 e. The number of halogens is 2. The Labute approximate surface area is 125 Å². The molecule has 1 rings (SSSR count). The van der Waals surface area contributed by atoms with Crippen LogP contribution in [0.4, 0.5) is 0 Å². The Hall–Kier alpha value is -0.440. The molecule has 1 atom stereocenters. The van der Waals surface area contributed by atoms with Crippen molar-refractivity contribution in [3.8, 4) is 0 Å². The molecule has 0 spiro atoms. The molecule has 0 saturated carbocycles. The zero-order valence-corrected chi connectivity index (χ0v) is 13.4. The van der Waals surface area contributed by atoms with Gasteiger partial charge in [0.1, 0.15) is 6.04 Å². The molecular formula is C10H11Br2NO4S. The fourth-order valence-corrected chi connectivity index (χ4v) is 3.12. The second-order valence-electron chi connectivity index (χ2n) is 3.38. The van der Waals surface area contributed by atoms with Crippen LogP contribution in [0.15, 0.2) is 14.3 Å². The van der Waals surface area contributed by atoms with E-state index in [1.165, 1.54) is 18.4 Å². The predicted molar refractivity (Wildman–Crippen MR) is 75.1 cm³/mol. The van der Waals surface area contributed by atoms with Crippen molar-refractivity contribution in [2.45, 2.75) is 12.5 Å². The summed E-state index contributed by atoms with van der Waals surface area (Å²) in [6, 6.07) is 0.691. The molecule has 0 fully saturated rings. The van der Waals surface area contributed by atoms with Crippen LogP contribution in [0.5, 0.6) is 0 Å². The average molecular weight is 401 g/mol. The van der Waals surface area contributed by atoms with Gasteiger partial charge in [0.2, 0.25) is 0 Å². The van der Waals surface area contributed by atoms with Crippen LogP contribution in [0.25, 0.3) is 0 Å². The summed E-state index contributed by atoms with van der Waals surface area (Å²) in [5, 5.41) is 11.4. The van der Waals surface area contributed by atoms with Gasteiger partial charge < -0.3 is 15.2 Å². The number of carbonyl (C=O) groups is 2. The molecule has 0 aliphatic rings. The lowest BCUT2D eigenvalue weighted by molar-refractivity contribution is -0.139. The number of hydrogen-bond acceptors (Lipinski definition) is 4. The molecule has 2 N–H and O–H groups in total. The van der Waals surface area contributed by atoms with Crippen molar-refractivity contribution < 1.29 is 19.4 Å². The predicted octanol–water partition coefficient (Wildman–Crippen LogP) is 2.49. The monoisotopic (exact) mass is 399 g/mol. The summed E-state index contributed by atoms with van der Waals surface area (Å²) in [6.45, 7) is 0.273. The molecule has 1 heterocycles. The number of amides is 1. The van der Waals surface area contributed by atoms with Gasteiger partial charge in [-0.25, -0.2) is 4.79 Å². The molecule has 18 heavy (non-hydrogen) atoms. The topological polar surface area (TPSA) is 75.6 Å². The first-order chi connectivity index (χ1) is 8.45. The van der Waals surface area contributed by atoms with Gasteiger partial charge in [-0.1, -0.05) is 0 Å². The van der Waals surface area contributed by atoms with Crippen LogP contribution in [-0.4, -0.2) is 36.7 Å². The second kappa shape index (κ2) is 7.22. The Kier molecular flexibility index (Phi) is 6.27. The number of ether oxygens (including phenoxy) is 1. The van der Waals surface area contributed by atoms with E-state index in [0.29, 0.717) is 4.88 Å². The molecule has 1 aromatic rings. The van der Waals surface area contributed by atoms with Gasteiger partial charge in [0.25, 0.3) is 5.91 Å². The largest absolute Gasteiger partial charge is 0.480 e. The van der Waals surface area contributed by atoms with Crippen LogP contribution >= 0.6 is 43.2 Å². The molecule has 5 nitrogen and oxygen atoms in total. The van der Waals surface area contributed by atoms with E-state index >= 15 is 0 Å². The van der Waals surface area contributed by atoms with Crippen molar-refractivity contribution in [1.29, 1.82) is 0 Å². The van der Waals surface area contributed by atoms with Crippen LogP contribution < -0.4 is 5.32 Å². The van der Waals surface area contributed by atoms with E-state index in [0.717, 1.165) is 8.26 Å². The molecule has 1 amide bonds. The van der Waals surface area contributed by atoms with E-state index in [4.69, 9.17) is 9.84 Å². The van der Waals surface area contributed by atoms with Crippen molar-refractivity contribution in [2.75, 3.05) is 13.7 Å². The van der Waals surface area contributed by atoms with Crippen molar-refractivity contribution in [2.24, 2.45) is 0 Å². The average Bonchev–Trinajstić information content (AvgIpc) is 2.64. The highest BCUT2D eigenvalue weighted by Gasteiger charge is 2.21. The Balaban J connectivity index is 2.69. The lowest BCUT2D eigenvalue weighted by Gasteiger charge is -2.13. The molecule has 0 aliphatic carbocycles. The van der Waals surface area contributed by atoms with Gasteiger partial charge in [-0.3, -0.25) is 4.79 Å². The molecule has 0 aliphatic heterocycles. The third kappa shape index (κ3) is 4.34. The fraction of sp³-hybridized carbons (Fsp3) is 0.400. The Morgan fingerprint density at radius 1 is 1.56 bits per heavy atom. The second-order valence-corrected chi connectivity index (χ2v) is 6.60. The Morgan fingerprint density at radius 2 is 2.22 bits per heavy atom. The van der Waals surface area contributed by atoms with Gasteiger partial charge in [-0.05, 0) is 37.9 Å². The highest BCUT2D eigenvalue weighted by Crippen LogP contribution is 2.32. The van der Waals surface area contributed by atoms with Crippen molar-refractivity contribution in [3.05, 3.63) is 19.2 Å². The number of methoxy groups -OCH3 is 1. The quantitative estimate of drug-likeness (QED) is 0.769. The zero-order chi connectivity index (χ0) is 13.7. The van der Waals surface area contributed by atoms with Gasteiger partial charge in [-0.15, -0.1) is 11.3 Å². The third-order valence-electron chi connectivity index (χ3n) is 2.08. The van der Waals surface area contributed by atoms with E-state index in [2.05, 4.69) is 37.2 Å². The summed E-state index contributed by atoms with van der Waals surface area (Å²) < 4.78 is 6.36. The van der Waals surface area contributed by atoms with Gasteiger partial charge in [0.05, 0.1) is 8.66 Å². The molecular weight excluding hydrogens is 390 g/mol. The van der Waals surface area contributed by atoms with Crippen molar-refractivity contribution >= 4 is 55.1 Å². The number of carbonyl (C=O) groups excluding carboxylic acids is 1. The maximum Gasteiger partial charge on any atom is 0.326 e. The van der Waals surface area contributed by atoms with E-state index in [9.17, 15) is 9.59 Å². The number of rotatable bonds is 6. The highest BCUT2D eigenvalue weighted by atomic mass is 79.9. The lowest BCUT2D eigenvalue weighted by atomic mass is 10.2. The van der Waals surface area contributed by atoms with E-state index in [1.54, 1.807) is 6.07 Å². The molecule has 0 saturated heterocycles. The minimum Gasteiger partial charge on any atom is -0.480 e. The number of hydrogen-bond donors (Lipinski definition) is 2. The number of thiophene rings is 1. The third-order valence-corrected chi connectivity index (χ3v) is 5.34. The van der Waals surface area contributed by atoms with Crippen LogP contribution in [0.3, 0.4) is 0 Å². The zero-order valence-electron chi connectivity index (χ0n) is 9.41. The molecule has 0 radical (unpaired) electrons. The normalized spacial score (nSPS) is 12.2. The van der Waals surface area contributed by atoms with Crippen molar-refractivity contribution in [3.63, 3.8) is 0 Å². The number of nitrogens with one attached hydrogen (secondary N) is 1. The summed E-state index contributed by atoms with van der Waals surface area (Å²) in [7, 11) is 1.48. The van der Waals surface area contributed by atoms with E-state index in [1.807, 2.05) is 0 Å². The summed E-state index contributed by atoms with van der Waals surface area (Å²) in [6.07, 6.45) is 0.227. The van der Waals surface area contributed by atoms with Gasteiger partial charge in [0.15, 0.2) is 0 Å². The molecule has 0 aromatic carbocycles. The fourth-order valence-electron chi connectivity index (χ4n) is 1.18. The van der Waals surface area contributed by atoms with Gasteiger partial charge >= 0.3 is 5.97 Å². The first-order valence-electron chi connectivity index (χ1n) is 4.93. The first-order valence-corrected chi connectivity index (χ1v) is 7.33. The SMILES string of the molecule is COCCC(NC(=O)c1cc(Br)c(Br)s1)C(=O)O. The molecule has 8 heteroatoms. The van der Waals surface area contributed by atoms with Crippen molar-refractivity contribution in [1.82, 2.24) is 5.32 Å². The highest BCUT2D eigenvalue weighted by molar-refractivity contribution is 9.13. The van der Waals surface area contributed by atoms with Gasteiger partial charge in [-0.2, -0.15) is 0 Å². The molecule has 1 aromatic heterocycles. The summed E-state index contributed by atoms with van der Waals surface area (Å²) in [5.74, 6) is -1.48. The van der Waals surface area contributed by atoms with Crippen LogP contribution in [0, 0.1) is 0 Å². The Bertz CT molecular complexity index is 430. The van der Waals surface area contributed by atoms with Crippen LogP contribution in [0.2, 0.25) is 0 Å². The van der Waals surface area contributed by atoms with Crippen LogP contribution in [0.1, 0.15) is 16.1 Å². The summed E-state index contributed by atoms with van der Waals surface area (Å²) in [5.41, 5.74) is 0. The van der Waals surface area contributed by atoms with Gasteiger partial charge in [0, 0.05) is 24.6 Å². The Morgan fingerprint density at radius 3 is 2.67 bits per heavy atom. The maximum absolute atomic E-state index is 11.8. The molecule has 100 valence electrons. The number of carboxylic acid groups (broad SMARTS) is 1. The lowest BCUT2D eigenvalue weighted by Crippen LogP contribution is -2.41. The first kappa shape index (κ1) is 15.6. The van der Waals surface area contributed by atoms with E-state index in [-0.39, 0.29) is 13.0 Å². The summed E-state index contributed by atoms with van der Waals surface area (Å²) in [4.78, 5) is 23.2. The number of carboxylic acids is 1. The molecule has 0 bridgehead atoms. The minimum atomic E-state index is -1.07. The standard InChI is InChI=1S/C10H11Br2NO4S/c1-17-3-2-6(10(15)16)13-9(14)7-4-5(11)8(12)18-7/h4,6H,2-3H2,1H3,(H,13,14)(H,15,16). The maximum atomic E-state index is 11.8. The van der Waals surface area contributed by atoms with Crippen LogP contribution in [-0.2, 0) is 9.53 Å². The minimum absolute atomic E-state index is 0.227.